The van der Waals surface area contributed by atoms with Gasteiger partial charge in [-0.1, -0.05) is 0 Å². The summed E-state index contributed by atoms with van der Waals surface area (Å²) in [4.78, 5) is 15.2. The van der Waals surface area contributed by atoms with Crippen molar-refractivity contribution in [2.75, 3.05) is 10.6 Å². The van der Waals surface area contributed by atoms with Gasteiger partial charge >= 0.3 is 0 Å². The predicted octanol–water partition coefficient (Wildman–Crippen LogP) is 3.57. The van der Waals surface area contributed by atoms with Crippen molar-refractivity contribution in [3.8, 4) is 0 Å². The normalized spacial score (nSPS) is 14.6. The molecule has 3 nitrogen and oxygen atoms in total. The zero-order valence-electron chi connectivity index (χ0n) is 10.2. The molecule has 0 unspecified atom stereocenters. The molecular weight excluding hydrogens is 324 g/mol. The average Bonchev–Trinajstić information content (AvgIpc) is 2.78. The lowest BCUT2D eigenvalue weighted by Crippen LogP contribution is -2.34. The summed E-state index contributed by atoms with van der Waals surface area (Å²) in [7, 11) is 0. The molecule has 0 saturated carbocycles. The van der Waals surface area contributed by atoms with Crippen LogP contribution in [0.3, 0.4) is 0 Å². The van der Waals surface area contributed by atoms with Gasteiger partial charge in [-0.2, -0.15) is 0 Å². The van der Waals surface area contributed by atoms with Crippen molar-refractivity contribution in [2.45, 2.75) is 19.4 Å². The third-order valence-electron chi connectivity index (χ3n) is 3.24. The second-order valence-electron chi connectivity index (χ2n) is 4.60. The van der Waals surface area contributed by atoms with Crippen molar-refractivity contribution in [2.24, 2.45) is 0 Å². The number of fused-ring (bicyclic) bond motifs is 1. The van der Waals surface area contributed by atoms with Gasteiger partial charge in [-0.3, -0.25) is 4.79 Å². The number of carbonyl (C=O) groups is 1. The van der Waals surface area contributed by atoms with E-state index in [2.05, 4.69) is 22.0 Å². The van der Waals surface area contributed by atoms with E-state index >= 15 is 0 Å². The summed E-state index contributed by atoms with van der Waals surface area (Å²) in [5.41, 5.74) is 8.72. The van der Waals surface area contributed by atoms with Crippen molar-refractivity contribution in [3.05, 3.63) is 44.6 Å². The Balaban J connectivity index is 1.94. The monoisotopic (exact) mass is 336 g/mol. The summed E-state index contributed by atoms with van der Waals surface area (Å²) < 4.78 is 1.06. The average molecular weight is 337 g/mol. The summed E-state index contributed by atoms with van der Waals surface area (Å²) in [5, 5.41) is 2.04. The molecule has 5 heteroatoms. The summed E-state index contributed by atoms with van der Waals surface area (Å²) >= 11 is 5.10. The van der Waals surface area contributed by atoms with Crippen LogP contribution in [0.25, 0.3) is 0 Å². The van der Waals surface area contributed by atoms with Crippen LogP contribution in [0.1, 0.15) is 16.9 Å². The van der Waals surface area contributed by atoms with Gasteiger partial charge in [0.1, 0.15) is 0 Å². The van der Waals surface area contributed by atoms with Crippen molar-refractivity contribution in [3.63, 3.8) is 0 Å². The summed E-state index contributed by atoms with van der Waals surface area (Å²) in [6.07, 6.45) is 1.34. The Morgan fingerprint density at radius 2 is 2.16 bits per heavy atom. The van der Waals surface area contributed by atoms with Gasteiger partial charge in [-0.05, 0) is 52.2 Å². The molecule has 2 aromatic rings. The van der Waals surface area contributed by atoms with E-state index in [4.69, 9.17) is 5.73 Å². The molecule has 19 heavy (non-hydrogen) atoms. The topological polar surface area (TPSA) is 46.3 Å². The van der Waals surface area contributed by atoms with E-state index in [9.17, 15) is 4.79 Å². The largest absolute Gasteiger partial charge is 0.399 e. The fourth-order valence-corrected chi connectivity index (χ4v) is 3.78. The van der Waals surface area contributed by atoms with Crippen molar-refractivity contribution in [1.82, 2.24) is 0 Å². The van der Waals surface area contributed by atoms with Crippen LogP contribution in [-0.4, -0.2) is 5.91 Å². The molecule has 2 N–H and O–H groups in total. The number of nitrogens with zero attached hydrogens (tertiary/aromatic N) is 1. The van der Waals surface area contributed by atoms with E-state index in [1.807, 2.05) is 28.5 Å². The van der Waals surface area contributed by atoms with Gasteiger partial charge in [0, 0.05) is 32.5 Å². The first-order chi connectivity index (χ1) is 9.13. The first-order valence-electron chi connectivity index (χ1n) is 6.05. The smallest absolute Gasteiger partial charge is 0.227 e. The summed E-state index contributed by atoms with van der Waals surface area (Å²) in [6.45, 7) is 0.631. The Morgan fingerprint density at radius 1 is 1.32 bits per heavy atom. The van der Waals surface area contributed by atoms with Crippen LogP contribution in [0.2, 0.25) is 0 Å². The number of aryl methyl sites for hydroxylation is 1. The van der Waals surface area contributed by atoms with Crippen LogP contribution in [0.15, 0.2) is 34.1 Å². The number of benzene rings is 1. The molecule has 1 aromatic heterocycles. The molecular formula is C14H13BrN2OS. The van der Waals surface area contributed by atoms with Gasteiger partial charge < -0.3 is 10.6 Å². The molecule has 0 fully saturated rings. The van der Waals surface area contributed by atoms with Gasteiger partial charge in [0.05, 0.1) is 6.54 Å². The van der Waals surface area contributed by atoms with Gasteiger partial charge in [0.15, 0.2) is 0 Å². The van der Waals surface area contributed by atoms with E-state index in [0.29, 0.717) is 13.0 Å². The molecule has 98 valence electrons. The molecule has 1 amide bonds. The summed E-state index contributed by atoms with van der Waals surface area (Å²) in [5.74, 6) is 0.182. The number of nitrogens with two attached hydrogens (primary N) is 1. The number of rotatable bonds is 2. The van der Waals surface area contributed by atoms with Crippen LogP contribution in [0.4, 0.5) is 11.4 Å². The van der Waals surface area contributed by atoms with Crippen LogP contribution in [0.5, 0.6) is 0 Å². The third kappa shape index (κ3) is 2.53. The lowest BCUT2D eigenvalue weighted by molar-refractivity contribution is -0.119. The molecule has 0 spiro atoms. The van der Waals surface area contributed by atoms with Crippen molar-refractivity contribution < 1.29 is 4.79 Å². The highest BCUT2D eigenvalue weighted by Gasteiger charge is 2.24. The molecule has 0 radical (unpaired) electrons. The maximum Gasteiger partial charge on any atom is 0.227 e. The van der Waals surface area contributed by atoms with Crippen LogP contribution < -0.4 is 10.6 Å². The number of carbonyl (C=O) groups excluding carboxylic acids is 1. The SMILES string of the molecule is Nc1ccc2c(c1)CCC(=O)N2Cc1cc(Br)cs1. The molecule has 0 aliphatic carbocycles. The minimum atomic E-state index is 0.182. The van der Waals surface area contributed by atoms with Crippen LogP contribution in [-0.2, 0) is 17.8 Å². The minimum Gasteiger partial charge on any atom is -0.399 e. The Hall–Kier alpha value is -1.33. The zero-order valence-corrected chi connectivity index (χ0v) is 12.6. The van der Waals surface area contributed by atoms with E-state index in [1.54, 1.807) is 11.3 Å². The van der Waals surface area contributed by atoms with E-state index in [-0.39, 0.29) is 5.91 Å². The van der Waals surface area contributed by atoms with Gasteiger partial charge in [-0.25, -0.2) is 0 Å². The van der Waals surface area contributed by atoms with Crippen LogP contribution >= 0.6 is 27.3 Å². The molecule has 2 heterocycles. The highest BCUT2D eigenvalue weighted by Crippen LogP contribution is 2.32. The number of amides is 1. The Kier molecular flexibility index (Phi) is 3.33. The number of thiophene rings is 1. The molecule has 0 atom stereocenters. The maximum absolute atomic E-state index is 12.1. The maximum atomic E-state index is 12.1. The Morgan fingerprint density at radius 3 is 2.89 bits per heavy atom. The van der Waals surface area contributed by atoms with Gasteiger partial charge in [0.2, 0.25) is 5.91 Å². The lowest BCUT2D eigenvalue weighted by Gasteiger charge is -2.29. The quantitative estimate of drug-likeness (QED) is 0.852. The highest BCUT2D eigenvalue weighted by molar-refractivity contribution is 9.10. The second-order valence-corrected chi connectivity index (χ2v) is 6.51. The number of nitrogen functional groups attached to an aromatic ring is 1. The fraction of sp³-hybridized carbons (Fsp3) is 0.214. The first kappa shape index (κ1) is 12.7. The molecule has 0 saturated heterocycles. The fourth-order valence-electron chi connectivity index (χ4n) is 2.35. The van der Waals surface area contributed by atoms with Gasteiger partial charge in [0.25, 0.3) is 0 Å². The van der Waals surface area contributed by atoms with E-state index < -0.39 is 0 Å². The van der Waals surface area contributed by atoms with Crippen LogP contribution in [0, 0.1) is 0 Å². The highest BCUT2D eigenvalue weighted by atomic mass is 79.9. The minimum absolute atomic E-state index is 0.182. The molecule has 0 bridgehead atoms. The van der Waals surface area contributed by atoms with E-state index in [1.165, 1.54) is 4.88 Å². The molecule has 1 aliphatic heterocycles. The zero-order chi connectivity index (χ0) is 13.4. The van der Waals surface area contributed by atoms with Gasteiger partial charge in [-0.15, -0.1) is 11.3 Å². The third-order valence-corrected chi connectivity index (χ3v) is 4.92. The molecule has 1 aliphatic rings. The van der Waals surface area contributed by atoms with Crippen molar-refractivity contribution in [1.29, 1.82) is 0 Å². The number of hydrogen-bond acceptors (Lipinski definition) is 3. The number of halogens is 1. The second kappa shape index (κ2) is 4.98. The summed E-state index contributed by atoms with van der Waals surface area (Å²) in [6, 6.07) is 7.84. The number of hydrogen-bond donors (Lipinski definition) is 1. The van der Waals surface area contributed by atoms with Crippen molar-refractivity contribution >= 4 is 44.5 Å². The van der Waals surface area contributed by atoms with E-state index in [0.717, 1.165) is 27.8 Å². The number of anilines is 2. The predicted molar refractivity (Wildman–Crippen MR) is 82.4 cm³/mol. The molecule has 1 aromatic carbocycles. The molecule has 3 rings (SSSR count). The Labute approximate surface area is 124 Å². The first-order valence-corrected chi connectivity index (χ1v) is 7.72. The Bertz CT molecular complexity index is 638. The standard InChI is InChI=1S/C14H13BrN2OS/c15-10-6-12(19-8-10)7-17-13-3-2-11(16)5-9(13)1-4-14(17)18/h2-3,5-6,8H,1,4,7,16H2. The lowest BCUT2D eigenvalue weighted by atomic mass is 10.0.